The second kappa shape index (κ2) is 10.5. The second-order valence-corrected chi connectivity index (χ2v) is 10.2. The number of carbonyl (C=O) groups excluding carboxylic acids is 1. The van der Waals surface area contributed by atoms with Gasteiger partial charge in [0, 0.05) is 44.3 Å². The van der Waals surface area contributed by atoms with Crippen molar-refractivity contribution in [2.75, 3.05) is 24.5 Å². The third-order valence-electron chi connectivity index (χ3n) is 6.80. The summed E-state index contributed by atoms with van der Waals surface area (Å²) in [4.78, 5) is 45.3. The highest BCUT2D eigenvalue weighted by Crippen LogP contribution is 2.28. The standard InChI is InChI=1S/C25H32ClFN6O3/c1-15(2)10-11-28-22(34)16-7-6-12-32(13-16)24-29-21-20(23(35)31(4)25(36)30(21)3)33(24)14-17-18(26)8-5-9-19(17)27/h5,8-9,15-16H,6-7,10-14H2,1-4H3,(H,28,34). The molecule has 1 N–H and O–H groups in total. The minimum atomic E-state index is -0.528. The fourth-order valence-electron chi connectivity index (χ4n) is 4.67. The molecule has 36 heavy (non-hydrogen) atoms. The van der Waals surface area contributed by atoms with Crippen LogP contribution >= 0.6 is 11.6 Å². The van der Waals surface area contributed by atoms with Crippen LogP contribution < -0.4 is 21.5 Å². The first-order chi connectivity index (χ1) is 17.1. The maximum Gasteiger partial charge on any atom is 0.332 e. The van der Waals surface area contributed by atoms with E-state index in [0.717, 1.165) is 23.8 Å². The Balaban J connectivity index is 1.78. The number of piperidine rings is 1. The van der Waals surface area contributed by atoms with Crippen LogP contribution in [0.2, 0.25) is 5.02 Å². The minimum Gasteiger partial charge on any atom is -0.356 e. The van der Waals surface area contributed by atoms with Crippen LogP contribution in [-0.4, -0.2) is 44.2 Å². The van der Waals surface area contributed by atoms with E-state index in [9.17, 15) is 18.8 Å². The van der Waals surface area contributed by atoms with Gasteiger partial charge in [-0.2, -0.15) is 4.98 Å². The van der Waals surface area contributed by atoms with Gasteiger partial charge in [0.05, 0.1) is 12.5 Å². The highest BCUT2D eigenvalue weighted by Gasteiger charge is 2.30. The Bertz CT molecular complexity index is 1390. The number of nitrogens with one attached hydrogen (secondary N) is 1. The van der Waals surface area contributed by atoms with Crippen molar-refractivity contribution in [1.29, 1.82) is 0 Å². The molecule has 0 saturated carbocycles. The molecule has 1 aliphatic heterocycles. The van der Waals surface area contributed by atoms with Crippen LogP contribution in [0.25, 0.3) is 11.2 Å². The van der Waals surface area contributed by atoms with Gasteiger partial charge in [-0.25, -0.2) is 9.18 Å². The van der Waals surface area contributed by atoms with E-state index in [0.29, 0.717) is 31.5 Å². The molecule has 194 valence electrons. The summed E-state index contributed by atoms with van der Waals surface area (Å²) >= 11 is 6.32. The molecule has 0 spiro atoms. The molecule has 1 aromatic carbocycles. The van der Waals surface area contributed by atoms with Crippen molar-refractivity contribution in [3.63, 3.8) is 0 Å². The molecule has 9 nitrogen and oxygen atoms in total. The van der Waals surface area contributed by atoms with Crippen molar-refractivity contribution in [3.05, 3.63) is 55.4 Å². The molecule has 1 aliphatic rings. The number of nitrogens with zero attached hydrogens (tertiary/aromatic N) is 5. The number of anilines is 1. The van der Waals surface area contributed by atoms with Crippen LogP contribution in [0.5, 0.6) is 0 Å². The average Bonchev–Trinajstić information content (AvgIpc) is 3.23. The van der Waals surface area contributed by atoms with Crippen molar-refractivity contribution in [1.82, 2.24) is 24.0 Å². The average molecular weight is 519 g/mol. The Morgan fingerprint density at radius 2 is 2.00 bits per heavy atom. The number of aryl methyl sites for hydroxylation is 1. The lowest BCUT2D eigenvalue weighted by atomic mass is 9.97. The predicted molar refractivity (Wildman–Crippen MR) is 138 cm³/mol. The smallest absolute Gasteiger partial charge is 0.332 e. The maximum absolute atomic E-state index is 14.8. The van der Waals surface area contributed by atoms with E-state index >= 15 is 0 Å². The van der Waals surface area contributed by atoms with Gasteiger partial charge >= 0.3 is 5.69 Å². The number of benzene rings is 1. The Hall–Kier alpha value is -3.14. The van der Waals surface area contributed by atoms with E-state index in [-0.39, 0.29) is 40.1 Å². The monoisotopic (exact) mass is 518 g/mol. The van der Waals surface area contributed by atoms with Crippen LogP contribution in [0.4, 0.5) is 10.3 Å². The number of fused-ring (bicyclic) bond motifs is 1. The molecule has 0 bridgehead atoms. The van der Waals surface area contributed by atoms with Crippen molar-refractivity contribution in [2.24, 2.45) is 25.9 Å². The first-order valence-electron chi connectivity index (χ1n) is 12.2. The first-order valence-corrected chi connectivity index (χ1v) is 12.6. The largest absolute Gasteiger partial charge is 0.356 e. The molecule has 0 radical (unpaired) electrons. The third kappa shape index (κ3) is 4.91. The molecule has 1 atom stereocenters. The van der Waals surface area contributed by atoms with Gasteiger partial charge in [-0.15, -0.1) is 0 Å². The molecule has 1 saturated heterocycles. The van der Waals surface area contributed by atoms with E-state index in [1.165, 1.54) is 23.7 Å². The van der Waals surface area contributed by atoms with E-state index in [2.05, 4.69) is 24.1 Å². The number of halogens is 2. The van der Waals surface area contributed by atoms with Crippen LogP contribution in [0, 0.1) is 17.7 Å². The summed E-state index contributed by atoms with van der Waals surface area (Å²) in [5.74, 6) is 0.138. The van der Waals surface area contributed by atoms with E-state index in [1.54, 1.807) is 17.7 Å². The van der Waals surface area contributed by atoms with Crippen molar-refractivity contribution in [2.45, 2.75) is 39.7 Å². The van der Waals surface area contributed by atoms with Gasteiger partial charge < -0.3 is 10.2 Å². The number of rotatable bonds is 7. The highest BCUT2D eigenvalue weighted by atomic mass is 35.5. The van der Waals surface area contributed by atoms with Crippen molar-refractivity contribution < 1.29 is 9.18 Å². The Morgan fingerprint density at radius 1 is 1.25 bits per heavy atom. The van der Waals surface area contributed by atoms with Gasteiger partial charge in [-0.3, -0.25) is 23.3 Å². The molecule has 2 aromatic heterocycles. The fourth-order valence-corrected chi connectivity index (χ4v) is 4.89. The summed E-state index contributed by atoms with van der Waals surface area (Å²) in [5, 5.41) is 3.25. The summed E-state index contributed by atoms with van der Waals surface area (Å²) in [6, 6.07) is 4.42. The molecule has 1 unspecified atom stereocenters. The summed E-state index contributed by atoms with van der Waals surface area (Å²) in [6.45, 7) is 5.80. The summed E-state index contributed by atoms with van der Waals surface area (Å²) < 4.78 is 18.7. The van der Waals surface area contributed by atoms with Crippen LogP contribution in [0.1, 0.15) is 38.7 Å². The molecular formula is C25H32ClFN6O3. The number of carbonyl (C=O) groups is 1. The molecule has 11 heteroatoms. The highest BCUT2D eigenvalue weighted by molar-refractivity contribution is 6.31. The lowest BCUT2D eigenvalue weighted by Crippen LogP contribution is -2.44. The number of aromatic nitrogens is 4. The third-order valence-corrected chi connectivity index (χ3v) is 7.16. The first kappa shape index (κ1) is 25.9. The summed E-state index contributed by atoms with van der Waals surface area (Å²) in [5.41, 5.74) is -0.435. The quantitative estimate of drug-likeness (QED) is 0.519. The van der Waals surface area contributed by atoms with Crippen LogP contribution in [0.15, 0.2) is 27.8 Å². The van der Waals surface area contributed by atoms with Gasteiger partial charge in [-0.1, -0.05) is 31.5 Å². The van der Waals surface area contributed by atoms with Gasteiger partial charge in [0.25, 0.3) is 5.56 Å². The molecule has 3 heterocycles. The van der Waals surface area contributed by atoms with Gasteiger partial charge in [0.15, 0.2) is 11.2 Å². The topological polar surface area (TPSA) is 94.2 Å². The number of hydrogen-bond donors (Lipinski definition) is 1. The van der Waals surface area contributed by atoms with Crippen LogP contribution in [0.3, 0.4) is 0 Å². The van der Waals surface area contributed by atoms with Crippen molar-refractivity contribution in [3.8, 4) is 0 Å². The SMILES string of the molecule is CC(C)CCNC(=O)C1CCCN(c2nc3c(c(=O)n(C)c(=O)n3C)n2Cc2c(F)cccc2Cl)C1. The maximum atomic E-state index is 14.8. The van der Waals surface area contributed by atoms with Gasteiger partial charge in [0.1, 0.15) is 5.82 Å². The predicted octanol–water partition coefficient (Wildman–Crippen LogP) is 2.65. The molecule has 1 amide bonds. The number of amides is 1. The number of imidazole rings is 1. The minimum absolute atomic E-state index is 0.0107. The molecule has 0 aliphatic carbocycles. The summed E-state index contributed by atoms with van der Waals surface area (Å²) in [6.07, 6.45) is 2.39. The Labute approximate surface area is 213 Å². The molecule has 4 rings (SSSR count). The van der Waals surface area contributed by atoms with E-state index in [1.807, 2.05) is 4.90 Å². The normalized spacial score (nSPS) is 16.2. The summed E-state index contributed by atoms with van der Waals surface area (Å²) in [7, 11) is 2.94. The molecule has 1 fully saturated rings. The van der Waals surface area contributed by atoms with Crippen molar-refractivity contribution >= 4 is 34.6 Å². The zero-order chi connectivity index (χ0) is 26.1. The van der Waals surface area contributed by atoms with Gasteiger partial charge in [-0.05, 0) is 37.3 Å². The second-order valence-electron chi connectivity index (χ2n) is 9.83. The Kier molecular flexibility index (Phi) is 7.54. The lowest BCUT2D eigenvalue weighted by Gasteiger charge is -2.33. The molecule has 3 aromatic rings. The van der Waals surface area contributed by atoms with E-state index < -0.39 is 17.1 Å². The van der Waals surface area contributed by atoms with Gasteiger partial charge in [0.2, 0.25) is 11.9 Å². The molecular weight excluding hydrogens is 487 g/mol. The van der Waals surface area contributed by atoms with Crippen LogP contribution in [-0.2, 0) is 25.4 Å². The van der Waals surface area contributed by atoms with E-state index in [4.69, 9.17) is 11.6 Å². The Morgan fingerprint density at radius 3 is 2.69 bits per heavy atom. The lowest BCUT2D eigenvalue weighted by molar-refractivity contribution is -0.125. The zero-order valence-electron chi connectivity index (χ0n) is 21.1. The number of hydrogen-bond acceptors (Lipinski definition) is 5. The fraction of sp³-hybridized carbons (Fsp3) is 0.520. The zero-order valence-corrected chi connectivity index (χ0v) is 21.8.